The molecule has 20 heavy (non-hydrogen) atoms. The van der Waals surface area contributed by atoms with E-state index in [1.54, 1.807) is 12.1 Å². The van der Waals surface area contributed by atoms with Crippen LogP contribution < -0.4 is 5.32 Å². The highest BCUT2D eigenvalue weighted by molar-refractivity contribution is 7.89. The molecular weight excluding hydrogens is 280 g/mol. The average molecular weight is 300 g/mol. The van der Waals surface area contributed by atoms with E-state index in [4.69, 9.17) is 10.2 Å². The SMILES string of the molecule is O=S(=O)(c1ccc2c(c1)NCCC2)N(CCO)CCO. The summed E-state index contributed by atoms with van der Waals surface area (Å²) in [4.78, 5) is 0.188. The van der Waals surface area contributed by atoms with Crippen LogP contribution in [0.4, 0.5) is 5.69 Å². The van der Waals surface area contributed by atoms with Crippen LogP contribution in [-0.4, -0.2) is 55.8 Å². The Morgan fingerprint density at radius 3 is 2.55 bits per heavy atom. The van der Waals surface area contributed by atoms with Crippen LogP contribution in [0, 0.1) is 0 Å². The summed E-state index contributed by atoms with van der Waals surface area (Å²) >= 11 is 0. The van der Waals surface area contributed by atoms with Crippen molar-refractivity contribution in [1.29, 1.82) is 0 Å². The third-order valence-corrected chi connectivity index (χ3v) is 5.25. The van der Waals surface area contributed by atoms with Gasteiger partial charge in [0.2, 0.25) is 10.0 Å². The second kappa shape index (κ2) is 6.53. The van der Waals surface area contributed by atoms with E-state index in [1.807, 2.05) is 6.07 Å². The van der Waals surface area contributed by atoms with E-state index < -0.39 is 10.0 Å². The zero-order valence-corrected chi connectivity index (χ0v) is 12.1. The highest BCUT2D eigenvalue weighted by atomic mass is 32.2. The number of aryl methyl sites for hydroxylation is 1. The van der Waals surface area contributed by atoms with Crippen LogP contribution in [0.2, 0.25) is 0 Å². The summed E-state index contributed by atoms with van der Waals surface area (Å²) in [5.74, 6) is 0. The molecule has 112 valence electrons. The fourth-order valence-corrected chi connectivity index (χ4v) is 3.77. The fraction of sp³-hybridized carbons (Fsp3) is 0.538. The van der Waals surface area contributed by atoms with Crippen LogP contribution >= 0.6 is 0 Å². The molecule has 1 aliphatic rings. The van der Waals surface area contributed by atoms with Crippen molar-refractivity contribution in [3.8, 4) is 0 Å². The van der Waals surface area contributed by atoms with Gasteiger partial charge in [-0.3, -0.25) is 0 Å². The van der Waals surface area contributed by atoms with Gasteiger partial charge in [0, 0.05) is 25.3 Å². The Morgan fingerprint density at radius 2 is 1.90 bits per heavy atom. The molecule has 1 aromatic carbocycles. The van der Waals surface area contributed by atoms with E-state index >= 15 is 0 Å². The number of aliphatic hydroxyl groups excluding tert-OH is 2. The molecule has 0 aliphatic carbocycles. The molecule has 0 amide bonds. The summed E-state index contributed by atoms with van der Waals surface area (Å²) in [7, 11) is -3.69. The molecule has 0 fully saturated rings. The maximum atomic E-state index is 12.5. The molecule has 0 saturated heterocycles. The van der Waals surface area contributed by atoms with Crippen molar-refractivity contribution in [2.24, 2.45) is 0 Å². The summed E-state index contributed by atoms with van der Waals surface area (Å²) < 4.78 is 26.0. The Hall–Kier alpha value is -1.15. The standard InChI is InChI=1S/C13H20N2O4S/c16-8-6-15(7-9-17)20(18,19)12-4-3-11-2-1-5-14-13(11)10-12/h3-4,10,14,16-17H,1-2,5-9H2. The minimum Gasteiger partial charge on any atom is -0.395 e. The molecule has 6 nitrogen and oxygen atoms in total. The molecule has 2 rings (SSSR count). The number of benzene rings is 1. The smallest absolute Gasteiger partial charge is 0.243 e. The Balaban J connectivity index is 2.32. The molecule has 1 aliphatic heterocycles. The zero-order valence-electron chi connectivity index (χ0n) is 11.2. The van der Waals surface area contributed by atoms with Crippen molar-refractivity contribution < 1.29 is 18.6 Å². The average Bonchev–Trinajstić information content (AvgIpc) is 2.46. The van der Waals surface area contributed by atoms with Gasteiger partial charge in [0.1, 0.15) is 0 Å². The number of hydrogen-bond donors (Lipinski definition) is 3. The quantitative estimate of drug-likeness (QED) is 0.689. The van der Waals surface area contributed by atoms with Crippen LogP contribution in [0.5, 0.6) is 0 Å². The van der Waals surface area contributed by atoms with Crippen LogP contribution in [0.1, 0.15) is 12.0 Å². The van der Waals surface area contributed by atoms with Crippen molar-refractivity contribution in [2.75, 3.05) is 38.2 Å². The van der Waals surface area contributed by atoms with Crippen molar-refractivity contribution >= 4 is 15.7 Å². The first-order valence-electron chi connectivity index (χ1n) is 6.68. The van der Waals surface area contributed by atoms with Gasteiger partial charge in [-0.1, -0.05) is 6.07 Å². The van der Waals surface area contributed by atoms with Gasteiger partial charge in [0.25, 0.3) is 0 Å². The van der Waals surface area contributed by atoms with E-state index in [0.29, 0.717) is 0 Å². The third-order valence-electron chi connectivity index (χ3n) is 3.36. The van der Waals surface area contributed by atoms with Gasteiger partial charge >= 0.3 is 0 Å². The second-order valence-corrected chi connectivity index (χ2v) is 6.64. The van der Waals surface area contributed by atoms with Crippen LogP contribution in [0.15, 0.2) is 23.1 Å². The summed E-state index contributed by atoms with van der Waals surface area (Å²) in [6, 6.07) is 5.04. The summed E-state index contributed by atoms with van der Waals surface area (Å²) in [6.45, 7) is 0.249. The maximum Gasteiger partial charge on any atom is 0.243 e. The molecule has 0 bridgehead atoms. The summed E-state index contributed by atoms with van der Waals surface area (Å²) in [5.41, 5.74) is 1.97. The lowest BCUT2D eigenvalue weighted by atomic mass is 10.0. The maximum absolute atomic E-state index is 12.5. The molecule has 0 spiro atoms. The number of rotatable bonds is 6. The van der Waals surface area contributed by atoms with E-state index in [2.05, 4.69) is 5.32 Å². The lowest BCUT2D eigenvalue weighted by Gasteiger charge is -2.23. The van der Waals surface area contributed by atoms with E-state index in [1.165, 1.54) is 0 Å². The lowest BCUT2D eigenvalue weighted by molar-refractivity contribution is 0.217. The topological polar surface area (TPSA) is 89.9 Å². The van der Waals surface area contributed by atoms with Gasteiger partial charge in [-0.25, -0.2) is 8.42 Å². The normalized spacial score (nSPS) is 14.9. The van der Waals surface area contributed by atoms with Gasteiger partial charge in [0.15, 0.2) is 0 Å². The number of nitrogens with one attached hydrogen (secondary N) is 1. The van der Waals surface area contributed by atoms with E-state index in [0.717, 1.165) is 34.9 Å². The largest absolute Gasteiger partial charge is 0.395 e. The number of nitrogens with zero attached hydrogens (tertiary/aromatic N) is 1. The first-order valence-corrected chi connectivity index (χ1v) is 8.12. The van der Waals surface area contributed by atoms with E-state index in [9.17, 15) is 8.42 Å². The number of aliphatic hydroxyl groups is 2. The fourth-order valence-electron chi connectivity index (χ4n) is 2.32. The first kappa shape index (κ1) is 15.2. The molecule has 0 unspecified atom stereocenters. The number of fused-ring (bicyclic) bond motifs is 1. The number of sulfonamides is 1. The molecule has 0 radical (unpaired) electrons. The summed E-state index contributed by atoms with van der Waals surface area (Å²) in [6.07, 6.45) is 1.99. The van der Waals surface area contributed by atoms with Gasteiger partial charge in [-0.2, -0.15) is 4.31 Å². The van der Waals surface area contributed by atoms with Crippen molar-refractivity contribution in [1.82, 2.24) is 4.31 Å². The molecule has 3 N–H and O–H groups in total. The zero-order chi connectivity index (χ0) is 14.6. The molecule has 0 aromatic heterocycles. The third kappa shape index (κ3) is 3.12. The van der Waals surface area contributed by atoms with Gasteiger partial charge in [-0.05, 0) is 30.5 Å². The molecule has 0 saturated carbocycles. The van der Waals surface area contributed by atoms with Crippen molar-refractivity contribution in [3.63, 3.8) is 0 Å². The highest BCUT2D eigenvalue weighted by Gasteiger charge is 2.24. The molecule has 1 heterocycles. The Labute approximate surface area is 119 Å². The van der Waals surface area contributed by atoms with E-state index in [-0.39, 0.29) is 31.2 Å². The predicted molar refractivity (Wildman–Crippen MR) is 76.2 cm³/mol. The minimum atomic E-state index is -3.69. The Morgan fingerprint density at radius 1 is 1.20 bits per heavy atom. The number of hydrogen-bond acceptors (Lipinski definition) is 5. The second-order valence-electron chi connectivity index (χ2n) is 4.70. The molecule has 7 heteroatoms. The minimum absolute atomic E-state index is 0.0204. The Bertz CT molecular complexity index is 553. The lowest BCUT2D eigenvalue weighted by Crippen LogP contribution is -2.36. The van der Waals surface area contributed by atoms with Crippen molar-refractivity contribution in [2.45, 2.75) is 17.7 Å². The monoisotopic (exact) mass is 300 g/mol. The van der Waals surface area contributed by atoms with Crippen LogP contribution in [0.3, 0.4) is 0 Å². The summed E-state index contributed by atoms with van der Waals surface area (Å²) in [5, 5.41) is 21.1. The predicted octanol–water partition coefficient (Wildman–Crippen LogP) is 0.0200. The highest BCUT2D eigenvalue weighted by Crippen LogP contribution is 2.26. The molecule has 1 aromatic rings. The molecular formula is C13H20N2O4S. The van der Waals surface area contributed by atoms with Crippen LogP contribution in [0.25, 0.3) is 0 Å². The van der Waals surface area contributed by atoms with Gasteiger partial charge in [-0.15, -0.1) is 0 Å². The van der Waals surface area contributed by atoms with Crippen LogP contribution in [-0.2, 0) is 16.4 Å². The van der Waals surface area contributed by atoms with Crippen molar-refractivity contribution in [3.05, 3.63) is 23.8 Å². The van der Waals surface area contributed by atoms with Gasteiger partial charge < -0.3 is 15.5 Å². The first-order chi connectivity index (χ1) is 9.59. The molecule has 0 atom stereocenters. The number of anilines is 1. The van der Waals surface area contributed by atoms with Gasteiger partial charge in [0.05, 0.1) is 18.1 Å². The Kier molecular flexibility index (Phi) is 4.98.